The van der Waals surface area contributed by atoms with Crippen LogP contribution in [-0.4, -0.2) is 92.5 Å². The zero-order valence-electron chi connectivity index (χ0n) is 30.3. The van der Waals surface area contributed by atoms with Gasteiger partial charge in [-0.15, -0.1) is 5.10 Å². The highest BCUT2D eigenvalue weighted by Crippen LogP contribution is 2.24. The maximum Gasteiger partial charge on any atom is 0.407 e. The maximum atomic E-state index is 13.0. The third kappa shape index (κ3) is 12.3. The van der Waals surface area contributed by atoms with Crippen LogP contribution in [0.5, 0.6) is 0 Å². The number of furan rings is 1. The molecule has 0 radical (unpaired) electrons. The summed E-state index contributed by atoms with van der Waals surface area (Å²) in [5.41, 5.74) is 1.66. The largest absolute Gasteiger partial charge is 0.461 e. The first-order chi connectivity index (χ1) is 25.5. The molecule has 0 unspecified atom stereocenters. The van der Waals surface area contributed by atoms with Gasteiger partial charge in [-0.25, -0.2) is 24.3 Å². The number of anilines is 2. The summed E-state index contributed by atoms with van der Waals surface area (Å²) in [6.45, 7) is 8.10. The van der Waals surface area contributed by atoms with E-state index in [2.05, 4.69) is 41.4 Å². The standard InChI is InChI=1S/C35H46N10O8/c1-35(2,3)53-34(48)37-15-6-5-7-19-51-52-21-20-49-17-9-16-36-28(46)22-24-11-13-25(14-12-24)38-33(47)41-32-40-29-26(23-44(4)42-29)31-39-30(43-45(31)32)27-10-8-18-50-27/h8,10-14,18,23H,5-7,9,15-17,19-22H2,1-4H3,(H,36,46)(H,37,48)(H2,38,40,41,42,47). The number of aromatic nitrogens is 6. The Labute approximate surface area is 305 Å². The second kappa shape index (κ2) is 18.8. The fourth-order valence-corrected chi connectivity index (χ4v) is 4.99. The van der Waals surface area contributed by atoms with Gasteiger partial charge in [-0.1, -0.05) is 12.1 Å². The molecule has 0 spiro atoms. The molecule has 4 aromatic heterocycles. The summed E-state index contributed by atoms with van der Waals surface area (Å²) >= 11 is 0. The Kier molecular flexibility index (Phi) is 13.7. The zero-order chi connectivity index (χ0) is 37.6. The molecule has 1 aromatic carbocycles. The van der Waals surface area contributed by atoms with E-state index in [4.69, 9.17) is 23.7 Å². The van der Waals surface area contributed by atoms with Crippen molar-refractivity contribution in [2.75, 3.05) is 50.2 Å². The highest BCUT2D eigenvalue weighted by atomic mass is 17.2. The van der Waals surface area contributed by atoms with Gasteiger partial charge in [0, 0.05) is 38.6 Å². The molecule has 0 aliphatic carbocycles. The predicted molar refractivity (Wildman–Crippen MR) is 194 cm³/mol. The minimum absolute atomic E-state index is 0.123. The van der Waals surface area contributed by atoms with Crippen LogP contribution < -0.4 is 21.3 Å². The van der Waals surface area contributed by atoms with Gasteiger partial charge in [0.05, 0.1) is 31.3 Å². The summed E-state index contributed by atoms with van der Waals surface area (Å²) < 4.78 is 19.2. The summed E-state index contributed by atoms with van der Waals surface area (Å²) in [6, 6.07) is 9.90. The number of unbranched alkanes of at least 4 members (excludes halogenated alkanes) is 2. The molecular formula is C35H46N10O8. The summed E-state index contributed by atoms with van der Waals surface area (Å²) in [6.07, 6.45) is 6.25. The lowest BCUT2D eigenvalue weighted by atomic mass is 10.1. The first-order valence-corrected chi connectivity index (χ1v) is 17.4. The number of alkyl carbamates (subject to hydrolysis) is 1. The van der Waals surface area contributed by atoms with Gasteiger partial charge >= 0.3 is 12.1 Å². The Morgan fingerprint density at radius 2 is 1.64 bits per heavy atom. The van der Waals surface area contributed by atoms with Gasteiger partial charge in [0.25, 0.3) is 0 Å². The molecule has 53 heavy (non-hydrogen) atoms. The van der Waals surface area contributed by atoms with Crippen LogP contribution in [0.4, 0.5) is 21.2 Å². The van der Waals surface area contributed by atoms with Crippen LogP contribution >= 0.6 is 0 Å². The van der Waals surface area contributed by atoms with Crippen LogP contribution in [0.3, 0.4) is 0 Å². The Hall–Kier alpha value is -5.59. The second-order valence-corrected chi connectivity index (χ2v) is 13.0. The Bertz CT molecular complexity index is 1930. The Morgan fingerprint density at radius 1 is 0.849 bits per heavy atom. The van der Waals surface area contributed by atoms with Crippen LogP contribution in [0.2, 0.25) is 0 Å². The van der Waals surface area contributed by atoms with Crippen LogP contribution in [0, 0.1) is 0 Å². The quantitative estimate of drug-likeness (QED) is 0.0520. The fourth-order valence-electron chi connectivity index (χ4n) is 4.99. The van der Waals surface area contributed by atoms with E-state index in [1.165, 1.54) is 10.8 Å². The number of aryl methyl sites for hydroxylation is 1. The molecule has 4 heterocycles. The van der Waals surface area contributed by atoms with Gasteiger partial charge in [-0.2, -0.15) is 14.6 Å². The lowest BCUT2D eigenvalue weighted by Crippen LogP contribution is -2.33. The van der Waals surface area contributed by atoms with Crippen molar-refractivity contribution in [3.8, 4) is 11.6 Å². The molecule has 18 nitrogen and oxygen atoms in total. The van der Waals surface area contributed by atoms with E-state index in [9.17, 15) is 14.4 Å². The Morgan fingerprint density at radius 3 is 2.42 bits per heavy atom. The normalized spacial score (nSPS) is 11.5. The molecule has 0 aliphatic heterocycles. The van der Waals surface area contributed by atoms with Gasteiger partial charge < -0.3 is 29.8 Å². The average molecular weight is 735 g/mol. The molecule has 284 valence electrons. The van der Waals surface area contributed by atoms with Crippen LogP contribution in [0.25, 0.3) is 28.3 Å². The van der Waals surface area contributed by atoms with E-state index >= 15 is 0 Å². The van der Waals surface area contributed by atoms with E-state index < -0.39 is 17.7 Å². The number of urea groups is 1. The van der Waals surface area contributed by atoms with E-state index in [0.29, 0.717) is 79.9 Å². The van der Waals surface area contributed by atoms with Gasteiger partial charge in [0.1, 0.15) is 12.2 Å². The molecule has 0 bridgehead atoms. The highest BCUT2D eigenvalue weighted by Gasteiger charge is 2.19. The van der Waals surface area contributed by atoms with E-state index in [0.717, 1.165) is 24.8 Å². The number of benzene rings is 1. The van der Waals surface area contributed by atoms with Crippen LogP contribution in [0.1, 0.15) is 52.0 Å². The van der Waals surface area contributed by atoms with Crippen LogP contribution in [-0.2, 0) is 37.5 Å². The topological polar surface area (TPSA) is 210 Å². The summed E-state index contributed by atoms with van der Waals surface area (Å²) in [7, 11) is 1.77. The number of carbonyl (C=O) groups excluding carboxylic acids is 3. The first kappa shape index (κ1) is 38.6. The predicted octanol–water partition coefficient (Wildman–Crippen LogP) is 4.62. The van der Waals surface area contributed by atoms with Crippen molar-refractivity contribution in [2.45, 2.75) is 58.5 Å². The fraction of sp³-hybridized carbons (Fsp3) is 0.457. The zero-order valence-corrected chi connectivity index (χ0v) is 30.3. The number of carbonyl (C=O) groups is 3. The number of rotatable bonds is 19. The molecule has 0 aliphatic rings. The van der Waals surface area contributed by atoms with Crippen molar-refractivity contribution in [1.29, 1.82) is 0 Å². The number of nitrogens with zero attached hydrogens (tertiary/aromatic N) is 6. The van der Waals surface area contributed by atoms with Crippen molar-refractivity contribution >= 4 is 46.3 Å². The molecule has 5 aromatic rings. The average Bonchev–Trinajstić information content (AvgIpc) is 3.87. The first-order valence-electron chi connectivity index (χ1n) is 17.4. The third-order valence-corrected chi connectivity index (χ3v) is 7.37. The number of fused-ring (bicyclic) bond motifs is 3. The van der Waals surface area contributed by atoms with Crippen LogP contribution in [0.15, 0.2) is 53.3 Å². The van der Waals surface area contributed by atoms with E-state index in [1.54, 1.807) is 54.3 Å². The number of ether oxygens (including phenoxy) is 2. The Balaban J connectivity index is 0.923. The molecule has 0 saturated carbocycles. The monoisotopic (exact) mass is 734 g/mol. The van der Waals surface area contributed by atoms with E-state index in [1.807, 2.05) is 20.8 Å². The molecule has 4 N–H and O–H groups in total. The molecule has 0 atom stereocenters. The van der Waals surface area contributed by atoms with Crippen molar-refractivity contribution in [3.63, 3.8) is 0 Å². The number of hydrogen-bond donors (Lipinski definition) is 4. The molecule has 0 saturated heterocycles. The van der Waals surface area contributed by atoms with Crippen molar-refractivity contribution in [2.24, 2.45) is 7.05 Å². The molecule has 4 amide bonds. The van der Waals surface area contributed by atoms with Crippen molar-refractivity contribution in [1.82, 2.24) is 40.0 Å². The number of hydrogen-bond acceptors (Lipinski definition) is 12. The number of nitrogens with one attached hydrogen (secondary N) is 4. The lowest BCUT2D eigenvalue weighted by Gasteiger charge is -2.19. The number of amides is 4. The van der Waals surface area contributed by atoms with Gasteiger partial charge in [-0.3, -0.25) is 14.8 Å². The minimum atomic E-state index is -0.547. The third-order valence-electron chi connectivity index (χ3n) is 7.37. The van der Waals surface area contributed by atoms with Gasteiger partial charge in [0.15, 0.2) is 17.1 Å². The smallest absolute Gasteiger partial charge is 0.407 e. The van der Waals surface area contributed by atoms with Crippen molar-refractivity contribution < 1.29 is 38.0 Å². The van der Waals surface area contributed by atoms with Crippen molar-refractivity contribution in [3.05, 3.63) is 54.4 Å². The SMILES string of the molecule is Cn1cc2c(nc(NC(=O)Nc3ccc(CC(=O)NCCCOCCOOCCCCCNC(=O)OC(C)(C)C)cc3)n3nc(-c4ccco4)nc23)n1. The maximum absolute atomic E-state index is 13.0. The summed E-state index contributed by atoms with van der Waals surface area (Å²) in [5, 5.41) is 20.6. The molecule has 18 heteroatoms. The van der Waals surface area contributed by atoms with Gasteiger partial charge in [-0.05, 0) is 76.3 Å². The molecule has 0 fully saturated rings. The summed E-state index contributed by atoms with van der Waals surface area (Å²) in [4.78, 5) is 56.3. The minimum Gasteiger partial charge on any atom is -0.461 e. The van der Waals surface area contributed by atoms with Gasteiger partial charge in [0.2, 0.25) is 17.7 Å². The summed E-state index contributed by atoms with van der Waals surface area (Å²) in [5.74, 6) is 0.813. The lowest BCUT2D eigenvalue weighted by molar-refractivity contribution is -0.299. The second-order valence-electron chi connectivity index (χ2n) is 13.0. The van der Waals surface area contributed by atoms with E-state index in [-0.39, 0.29) is 18.3 Å². The molecule has 5 rings (SSSR count). The molecular weight excluding hydrogens is 688 g/mol. The highest BCUT2D eigenvalue weighted by molar-refractivity contribution is 6.00.